The fourth-order valence-electron chi connectivity index (χ4n) is 3.42. The summed E-state index contributed by atoms with van der Waals surface area (Å²) in [5.74, 6) is 2.28. The van der Waals surface area contributed by atoms with Crippen LogP contribution in [0.5, 0.6) is 5.75 Å². The SMILES string of the molecule is COc1ccc(C)cc1CC1(N)CC(C)CCC1C. The summed E-state index contributed by atoms with van der Waals surface area (Å²) in [6, 6.07) is 6.38. The van der Waals surface area contributed by atoms with Crippen LogP contribution in [0.2, 0.25) is 0 Å². The molecule has 0 saturated heterocycles. The van der Waals surface area contributed by atoms with Crippen molar-refractivity contribution in [3.63, 3.8) is 0 Å². The number of nitrogens with two attached hydrogens (primary N) is 1. The Balaban J connectivity index is 2.26. The fourth-order valence-corrected chi connectivity index (χ4v) is 3.42. The molecule has 1 aliphatic rings. The van der Waals surface area contributed by atoms with E-state index in [9.17, 15) is 0 Å². The molecule has 0 aliphatic heterocycles. The first-order chi connectivity index (χ1) is 8.94. The molecule has 3 unspecified atom stereocenters. The van der Waals surface area contributed by atoms with Gasteiger partial charge in [-0.3, -0.25) is 0 Å². The summed E-state index contributed by atoms with van der Waals surface area (Å²) in [4.78, 5) is 0. The van der Waals surface area contributed by atoms with Gasteiger partial charge in [0.2, 0.25) is 0 Å². The molecule has 0 radical (unpaired) electrons. The summed E-state index contributed by atoms with van der Waals surface area (Å²) >= 11 is 0. The van der Waals surface area contributed by atoms with Gasteiger partial charge in [-0.05, 0) is 49.7 Å². The van der Waals surface area contributed by atoms with Gasteiger partial charge in [-0.15, -0.1) is 0 Å². The first kappa shape index (κ1) is 14.4. The van der Waals surface area contributed by atoms with E-state index in [4.69, 9.17) is 10.5 Å². The van der Waals surface area contributed by atoms with Crippen LogP contribution >= 0.6 is 0 Å². The summed E-state index contributed by atoms with van der Waals surface area (Å²) in [5, 5.41) is 0. The molecule has 1 aliphatic carbocycles. The minimum Gasteiger partial charge on any atom is -0.496 e. The Morgan fingerprint density at radius 2 is 2.05 bits per heavy atom. The Kier molecular flexibility index (Phi) is 4.19. The van der Waals surface area contributed by atoms with Crippen molar-refractivity contribution in [2.24, 2.45) is 17.6 Å². The van der Waals surface area contributed by atoms with E-state index in [1.165, 1.54) is 24.0 Å². The zero-order valence-electron chi connectivity index (χ0n) is 12.7. The average Bonchev–Trinajstić information content (AvgIpc) is 2.34. The van der Waals surface area contributed by atoms with E-state index in [1.807, 2.05) is 0 Å². The molecule has 0 heterocycles. The molecule has 2 rings (SSSR count). The highest BCUT2D eigenvalue weighted by atomic mass is 16.5. The van der Waals surface area contributed by atoms with Crippen molar-refractivity contribution in [3.8, 4) is 5.75 Å². The average molecular weight is 261 g/mol. The molecule has 1 fully saturated rings. The Morgan fingerprint density at radius 3 is 2.74 bits per heavy atom. The van der Waals surface area contributed by atoms with E-state index >= 15 is 0 Å². The number of aryl methyl sites for hydroxylation is 1. The highest BCUT2D eigenvalue weighted by molar-refractivity contribution is 5.38. The minimum absolute atomic E-state index is 0.0846. The van der Waals surface area contributed by atoms with Crippen molar-refractivity contribution >= 4 is 0 Å². The second kappa shape index (κ2) is 5.54. The lowest BCUT2D eigenvalue weighted by Gasteiger charge is -2.42. The normalized spacial score (nSPS) is 31.2. The number of methoxy groups -OCH3 is 1. The topological polar surface area (TPSA) is 35.2 Å². The number of benzene rings is 1. The molecule has 0 aromatic heterocycles. The molecular weight excluding hydrogens is 234 g/mol. The maximum absolute atomic E-state index is 6.74. The predicted molar refractivity (Wildman–Crippen MR) is 80.5 cm³/mol. The molecule has 0 spiro atoms. The molecule has 2 nitrogen and oxygen atoms in total. The van der Waals surface area contributed by atoms with Crippen LogP contribution in [0.3, 0.4) is 0 Å². The van der Waals surface area contributed by atoms with Gasteiger partial charge < -0.3 is 10.5 Å². The van der Waals surface area contributed by atoms with Gasteiger partial charge in [-0.2, -0.15) is 0 Å². The van der Waals surface area contributed by atoms with Crippen molar-refractivity contribution in [1.82, 2.24) is 0 Å². The Labute approximate surface area is 117 Å². The van der Waals surface area contributed by atoms with Crippen LogP contribution in [0.15, 0.2) is 18.2 Å². The molecule has 106 valence electrons. The zero-order chi connectivity index (χ0) is 14.0. The Hall–Kier alpha value is -1.02. The third-order valence-electron chi connectivity index (χ3n) is 4.76. The summed E-state index contributed by atoms with van der Waals surface area (Å²) < 4.78 is 5.49. The van der Waals surface area contributed by atoms with Crippen molar-refractivity contribution in [2.75, 3.05) is 7.11 Å². The summed E-state index contributed by atoms with van der Waals surface area (Å²) in [6.07, 6.45) is 4.59. The standard InChI is InChI=1S/C17H27NO/c1-12-6-8-16(19-4)15(9-12)11-17(18)10-13(2)5-7-14(17)3/h6,8-9,13-14H,5,7,10-11,18H2,1-4H3. The lowest BCUT2D eigenvalue weighted by atomic mass is 9.67. The van der Waals surface area contributed by atoms with Crippen LogP contribution < -0.4 is 10.5 Å². The van der Waals surface area contributed by atoms with Crippen molar-refractivity contribution < 1.29 is 4.74 Å². The van der Waals surface area contributed by atoms with E-state index in [1.54, 1.807) is 7.11 Å². The number of hydrogen-bond donors (Lipinski definition) is 1. The van der Waals surface area contributed by atoms with Crippen LogP contribution in [0.4, 0.5) is 0 Å². The molecular formula is C17H27NO. The van der Waals surface area contributed by atoms with Crippen molar-refractivity contribution in [1.29, 1.82) is 0 Å². The van der Waals surface area contributed by atoms with Gasteiger partial charge in [0.05, 0.1) is 7.11 Å². The van der Waals surface area contributed by atoms with Crippen molar-refractivity contribution in [3.05, 3.63) is 29.3 Å². The zero-order valence-corrected chi connectivity index (χ0v) is 12.7. The van der Waals surface area contributed by atoms with Crippen LogP contribution in [0, 0.1) is 18.8 Å². The molecule has 0 amide bonds. The highest BCUT2D eigenvalue weighted by Gasteiger charge is 2.37. The lowest BCUT2D eigenvalue weighted by Crippen LogP contribution is -2.51. The van der Waals surface area contributed by atoms with Crippen molar-refractivity contribution in [2.45, 2.75) is 52.0 Å². The second-order valence-corrected chi connectivity index (χ2v) is 6.51. The van der Waals surface area contributed by atoms with E-state index in [-0.39, 0.29) is 5.54 Å². The first-order valence-electron chi connectivity index (χ1n) is 7.37. The van der Waals surface area contributed by atoms with Gasteiger partial charge in [0.15, 0.2) is 0 Å². The summed E-state index contributed by atoms with van der Waals surface area (Å²) in [6.45, 7) is 6.74. The lowest BCUT2D eigenvalue weighted by molar-refractivity contribution is 0.160. The molecule has 0 bridgehead atoms. The van der Waals surface area contributed by atoms with Gasteiger partial charge in [0.25, 0.3) is 0 Å². The van der Waals surface area contributed by atoms with Gasteiger partial charge in [0.1, 0.15) is 5.75 Å². The van der Waals surface area contributed by atoms with Crippen LogP contribution in [-0.4, -0.2) is 12.6 Å². The van der Waals surface area contributed by atoms with Gasteiger partial charge in [0, 0.05) is 5.54 Å². The second-order valence-electron chi connectivity index (χ2n) is 6.51. The molecule has 19 heavy (non-hydrogen) atoms. The molecule has 3 atom stereocenters. The van der Waals surface area contributed by atoms with Gasteiger partial charge in [-0.1, -0.05) is 38.0 Å². The van der Waals surface area contributed by atoms with E-state index in [0.29, 0.717) is 5.92 Å². The third kappa shape index (κ3) is 3.11. The smallest absolute Gasteiger partial charge is 0.122 e. The molecule has 2 heteroatoms. The van der Waals surface area contributed by atoms with Crippen LogP contribution in [0.25, 0.3) is 0 Å². The quantitative estimate of drug-likeness (QED) is 0.900. The van der Waals surface area contributed by atoms with Crippen LogP contribution in [-0.2, 0) is 6.42 Å². The van der Waals surface area contributed by atoms with E-state index < -0.39 is 0 Å². The Morgan fingerprint density at radius 1 is 1.32 bits per heavy atom. The minimum atomic E-state index is -0.0846. The van der Waals surface area contributed by atoms with E-state index in [0.717, 1.165) is 24.5 Å². The summed E-state index contributed by atoms with van der Waals surface area (Å²) in [5.41, 5.74) is 9.19. The molecule has 1 aromatic rings. The maximum atomic E-state index is 6.74. The third-order valence-corrected chi connectivity index (χ3v) is 4.76. The molecule has 2 N–H and O–H groups in total. The molecule has 1 saturated carbocycles. The molecule has 1 aromatic carbocycles. The Bertz CT molecular complexity index is 443. The highest BCUT2D eigenvalue weighted by Crippen LogP contribution is 2.38. The van der Waals surface area contributed by atoms with Gasteiger partial charge in [-0.25, -0.2) is 0 Å². The summed E-state index contributed by atoms with van der Waals surface area (Å²) in [7, 11) is 1.74. The predicted octanol–water partition coefficient (Wildman–Crippen LogP) is 3.70. The largest absolute Gasteiger partial charge is 0.496 e. The number of ether oxygens (including phenoxy) is 1. The number of hydrogen-bond acceptors (Lipinski definition) is 2. The maximum Gasteiger partial charge on any atom is 0.122 e. The number of rotatable bonds is 3. The van der Waals surface area contributed by atoms with Gasteiger partial charge >= 0.3 is 0 Å². The van der Waals surface area contributed by atoms with Crippen LogP contribution in [0.1, 0.15) is 44.2 Å². The van der Waals surface area contributed by atoms with E-state index in [2.05, 4.69) is 39.0 Å². The first-order valence-corrected chi connectivity index (χ1v) is 7.37. The fraction of sp³-hybridized carbons (Fsp3) is 0.647. The monoisotopic (exact) mass is 261 g/mol.